The minimum Gasteiger partial charge on any atom is -0.337 e. The van der Waals surface area contributed by atoms with E-state index in [-0.39, 0.29) is 5.88 Å². The van der Waals surface area contributed by atoms with E-state index in [1.54, 1.807) is 13.8 Å². The van der Waals surface area contributed by atoms with Crippen LogP contribution in [0.3, 0.4) is 0 Å². The lowest BCUT2D eigenvalue weighted by atomic mass is 10.3. The molecule has 1 aromatic carbocycles. The number of aryl methyl sites for hydroxylation is 1. The molecule has 0 spiro atoms. The third-order valence-corrected chi connectivity index (χ3v) is 4.14. The van der Waals surface area contributed by atoms with Gasteiger partial charge in [-0.3, -0.25) is 10.1 Å². The van der Waals surface area contributed by atoms with Crippen molar-refractivity contribution in [1.29, 1.82) is 0 Å². The molecule has 0 amide bonds. The molecule has 0 aliphatic rings. The number of nitrogens with zero attached hydrogens (tertiary/aromatic N) is 2. The van der Waals surface area contributed by atoms with Crippen LogP contribution in [0.1, 0.15) is 11.3 Å². The zero-order chi connectivity index (χ0) is 15.8. The lowest BCUT2D eigenvalue weighted by Crippen LogP contribution is -2.13. The van der Waals surface area contributed by atoms with Crippen LogP contribution in [0.25, 0.3) is 0 Å². The smallest absolute Gasteiger partial charge is 0.304 e. The quantitative estimate of drug-likeness (QED) is 0.682. The number of aromatic nitrogens is 1. The number of halogens is 1. The molecule has 0 atom stereocenters. The highest BCUT2D eigenvalue weighted by Crippen LogP contribution is 2.24. The lowest BCUT2D eigenvalue weighted by molar-refractivity contribution is -0.387. The summed E-state index contributed by atoms with van der Waals surface area (Å²) >= 11 is 0. The summed E-state index contributed by atoms with van der Waals surface area (Å²) < 4.78 is 44.5. The first-order valence-corrected chi connectivity index (χ1v) is 7.10. The summed E-state index contributed by atoms with van der Waals surface area (Å²) in [7, 11) is -4.13. The van der Waals surface area contributed by atoms with Gasteiger partial charge in [0.1, 0.15) is 0 Å². The molecular weight excluding hydrogens is 305 g/mol. The average molecular weight is 315 g/mol. The third kappa shape index (κ3) is 2.84. The largest absolute Gasteiger partial charge is 0.337 e. The summed E-state index contributed by atoms with van der Waals surface area (Å²) in [6.45, 7) is 3.22. The van der Waals surface area contributed by atoms with Crippen LogP contribution in [0.15, 0.2) is 27.6 Å². The molecule has 10 heteroatoms. The molecule has 0 saturated heterocycles. The van der Waals surface area contributed by atoms with E-state index in [0.29, 0.717) is 17.3 Å². The highest BCUT2D eigenvalue weighted by molar-refractivity contribution is 7.92. The maximum Gasteiger partial charge on any atom is 0.304 e. The van der Waals surface area contributed by atoms with E-state index in [2.05, 4.69) is 9.88 Å². The monoisotopic (exact) mass is 315 g/mol. The Bertz CT molecular complexity index is 815. The van der Waals surface area contributed by atoms with Crippen molar-refractivity contribution in [3.05, 3.63) is 45.4 Å². The molecule has 0 bridgehead atoms. The van der Waals surface area contributed by atoms with Gasteiger partial charge in [-0.25, -0.2) is 13.1 Å². The van der Waals surface area contributed by atoms with Crippen molar-refractivity contribution in [2.75, 3.05) is 4.72 Å². The van der Waals surface area contributed by atoms with Gasteiger partial charge in [-0.2, -0.15) is 4.39 Å². The van der Waals surface area contributed by atoms with Crippen LogP contribution >= 0.6 is 0 Å². The molecule has 112 valence electrons. The maximum absolute atomic E-state index is 13.5. The van der Waals surface area contributed by atoms with E-state index in [0.717, 1.165) is 12.1 Å². The molecule has 0 saturated carbocycles. The summed E-state index contributed by atoms with van der Waals surface area (Å²) in [6.07, 6.45) is 0. The van der Waals surface area contributed by atoms with Gasteiger partial charge < -0.3 is 4.52 Å². The summed E-state index contributed by atoms with van der Waals surface area (Å²) in [5, 5.41) is 14.1. The van der Waals surface area contributed by atoms with Gasteiger partial charge in [0.25, 0.3) is 10.0 Å². The van der Waals surface area contributed by atoms with Crippen molar-refractivity contribution >= 4 is 21.6 Å². The van der Waals surface area contributed by atoms with Gasteiger partial charge in [-0.15, -0.1) is 0 Å². The fourth-order valence-corrected chi connectivity index (χ4v) is 2.55. The zero-order valence-electron chi connectivity index (χ0n) is 11.0. The highest BCUT2D eigenvalue weighted by atomic mass is 32.2. The SMILES string of the molecule is Cc1noc(NS(=O)(=O)c2ccc([N+](=O)[O-])c(F)c2)c1C. The minimum absolute atomic E-state index is 0.0914. The Balaban J connectivity index is 2.38. The van der Waals surface area contributed by atoms with Gasteiger partial charge in [0.15, 0.2) is 0 Å². The fourth-order valence-electron chi connectivity index (χ4n) is 1.49. The summed E-state index contributed by atoms with van der Waals surface area (Å²) in [5.41, 5.74) is 0.184. The number of rotatable bonds is 4. The minimum atomic E-state index is -4.13. The fraction of sp³-hybridized carbons (Fsp3) is 0.182. The van der Waals surface area contributed by atoms with Crippen molar-refractivity contribution in [2.45, 2.75) is 18.7 Å². The van der Waals surface area contributed by atoms with Crippen molar-refractivity contribution < 1.29 is 22.3 Å². The van der Waals surface area contributed by atoms with E-state index < -0.39 is 31.3 Å². The molecule has 1 aromatic heterocycles. The van der Waals surface area contributed by atoms with E-state index in [1.165, 1.54) is 0 Å². The average Bonchev–Trinajstić information content (AvgIpc) is 2.69. The molecule has 0 unspecified atom stereocenters. The number of hydrogen-bond donors (Lipinski definition) is 1. The van der Waals surface area contributed by atoms with E-state index in [4.69, 9.17) is 4.52 Å². The maximum atomic E-state index is 13.5. The van der Waals surface area contributed by atoms with E-state index in [9.17, 15) is 22.9 Å². The van der Waals surface area contributed by atoms with Gasteiger partial charge in [0, 0.05) is 17.7 Å². The molecule has 0 radical (unpaired) electrons. The molecule has 0 aliphatic carbocycles. The zero-order valence-corrected chi connectivity index (χ0v) is 11.8. The Morgan fingerprint density at radius 2 is 2.05 bits per heavy atom. The van der Waals surface area contributed by atoms with Gasteiger partial charge in [-0.05, 0) is 19.9 Å². The van der Waals surface area contributed by atoms with Crippen molar-refractivity contribution in [3.63, 3.8) is 0 Å². The number of benzene rings is 1. The number of nitrogens with one attached hydrogen (secondary N) is 1. The molecule has 2 rings (SSSR count). The van der Waals surface area contributed by atoms with Crippen LogP contribution in [0, 0.1) is 29.8 Å². The van der Waals surface area contributed by atoms with Crippen LogP contribution in [-0.4, -0.2) is 18.5 Å². The topological polar surface area (TPSA) is 115 Å². The molecule has 21 heavy (non-hydrogen) atoms. The Morgan fingerprint density at radius 1 is 1.38 bits per heavy atom. The number of sulfonamides is 1. The van der Waals surface area contributed by atoms with Crippen molar-refractivity contribution in [1.82, 2.24) is 5.16 Å². The second-order valence-corrected chi connectivity index (χ2v) is 5.88. The predicted molar refractivity (Wildman–Crippen MR) is 69.8 cm³/mol. The van der Waals surface area contributed by atoms with Crippen LogP contribution in [-0.2, 0) is 10.0 Å². The van der Waals surface area contributed by atoms with Gasteiger partial charge in [0.2, 0.25) is 11.7 Å². The van der Waals surface area contributed by atoms with Gasteiger partial charge >= 0.3 is 5.69 Å². The van der Waals surface area contributed by atoms with Crippen LogP contribution in [0.5, 0.6) is 0 Å². The first-order chi connectivity index (χ1) is 9.72. The predicted octanol–water partition coefficient (Wildman–Crippen LogP) is 2.14. The normalized spacial score (nSPS) is 11.4. The number of nitro benzene ring substituents is 1. The second kappa shape index (κ2) is 5.13. The van der Waals surface area contributed by atoms with Crippen LogP contribution in [0.4, 0.5) is 16.0 Å². The molecule has 1 heterocycles. The number of hydrogen-bond acceptors (Lipinski definition) is 6. The molecule has 0 fully saturated rings. The van der Waals surface area contributed by atoms with E-state index >= 15 is 0 Å². The Morgan fingerprint density at radius 3 is 2.52 bits per heavy atom. The Hall–Kier alpha value is -2.49. The summed E-state index contributed by atoms with van der Waals surface area (Å²) in [6, 6.07) is 2.28. The van der Waals surface area contributed by atoms with Crippen LogP contribution < -0.4 is 4.72 Å². The molecule has 8 nitrogen and oxygen atoms in total. The summed E-state index contributed by atoms with van der Waals surface area (Å²) in [5.74, 6) is -1.33. The van der Waals surface area contributed by atoms with E-state index in [1.807, 2.05) is 0 Å². The van der Waals surface area contributed by atoms with Gasteiger partial charge in [0.05, 0.1) is 15.5 Å². The lowest BCUT2D eigenvalue weighted by Gasteiger charge is -2.05. The number of anilines is 1. The van der Waals surface area contributed by atoms with Crippen LogP contribution in [0.2, 0.25) is 0 Å². The second-order valence-electron chi connectivity index (χ2n) is 4.20. The summed E-state index contributed by atoms with van der Waals surface area (Å²) in [4.78, 5) is 9.10. The Kier molecular flexibility index (Phi) is 3.64. The van der Waals surface area contributed by atoms with Crippen molar-refractivity contribution in [3.8, 4) is 0 Å². The highest BCUT2D eigenvalue weighted by Gasteiger charge is 2.23. The van der Waals surface area contributed by atoms with Crippen molar-refractivity contribution in [2.24, 2.45) is 0 Å². The molecule has 1 N–H and O–H groups in total. The standard InChI is InChI=1S/C11H10FN3O5S/c1-6-7(2)13-20-11(6)14-21(18,19)8-3-4-10(15(16)17)9(12)5-8/h3-5,14H,1-2H3. The first kappa shape index (κ1) is 14.9. The first-order valence-electron chi connectivity index (χ1n) is 5.62. The third-order valence-electron chi connectivity index (χ3n) is 2.81. The number of nitro groups is 1. The van der Waals surface area contributed by atoms with Gasteiger partial charge in [-0.1, -0.05) is 5.16 Å². The molecular formula is C11H10FN3O5S. The Labute approximate surface area is 118 Å². The molecule has 2 aromatic rings. The molecule has 0 aliphatic heterocycles.